The van der Waals surface area contributed by atoms with Crippen molar-refractivity contribution in [3.8, 4) is 0 Å². The molecular weight excluding hydrogens is 320 g/mol. The van der Waals surface area contributed by atoms with Crippen LogP contribution in [0, 0.1) is 11.8 Å². The lowest BCUT2D eigenvalue weighted by atomic mass is 9.90. The molecule has 1 aromatic rings. The lowest BCUT2D eigenvalue weighted by molar-refractivity contribution is -0.149. The number of rotatable bonds is 6. The first-order valence-electron chi connectivity index (χ1n) is 7.42. The minimum Gasteiger partial charge on any atom is -0.481 e. The van der Waals surface area contributed by atoms with E-state index in [9.17, 15) is 23.1 Å². The van der Waals surface area contributed by atoms with E-state index in [0.29, 0.717) is 5.56 Å². The van der Waals surface area contributed by atoms with Crippen molar-refractivity contribution in [1.29, 1.82) is 0 Å². The fraction of sp³-hybridized carbons (Fsp3) is 0.467. The lowest BCUT2D eigenvalue weighted by Crippen LogP contribution is -2.39. The van der Waals surface area contributed by atoms with Gasteiger partial charge in [0.1, 0.15) is 5.92 Å². The number of aliphatic carboxylic acids is 1. The summed E-state index contributed by atoms with van der Waals surface area (Å²) < 4.78 is 23.0. The van der Waals surface area contributed by atoms with E-state index in [-0.39, 0.29) is 17.4 Å². The molecule has 2 rings (SSSR count). The fourth-order valence-corrected chi connectivity index (χ4v) is 3.81. The Morgan fingerprint density at radius 3 is 2.43 bits per heavy atom. The number of hydrogen-bond donors (Lipinski definition) is 3. The van der Waals surface area contributed by atoms with E-state index in [1.807, 2.05) is 0 Å². The van der Waals surface area contributed by atoms with Crippen LogP contribution in [-0.4, -0.2) is 25.4 Å². The molecule has 1 aliphatic carbocycles. The molecule has 4 N–H and O–H groups in total. The number of benzene rings is 1. The molecule has 1 aliphatic rings. The Bertz CT molecular complexity index is 696. The van der Waals surface area contributed by atoms with Crippen molar-refractivity contribution >= 4 is 21.9 Å². The molecule has 0 saturated heterocycles. The van der Waals surface area contributed by atoms with Crippen LogP contribution in [0.2, 0.25) is 0 Å². The van der Waals surface area contributed by atoms with Gasteiger partial charge in [-0.25, -0.2) is 13.6 Å². The topological polar surface area (TPSA) is 127 Å². The number of carbonyl (C=O) groups excluding carboxylic acids is 1. The molecule has 1 aromatic carbocycles. The molecule has 1 amide bonds. The quantitative estimate of drug-likeness (QED) is 0.661. The van der Waals surface area contributed by atoms with Gasteiger partial charge < -0.3 is 10.4 Å². The number of carboxylic acids is 1. The van der Waals surface area contributed by atoms with Crippen LogP contribution >= 0.6 is 0 Å². The summed E-state index contributed by atoms with van der Waals surface area (Å²) in [5.41, 5.74) is 0.332. The molecule has 8 heteroatoms. The summed E-state index contributed by atoms with van der Waals surface area (Å²) in [6.45, 7) is -0.0814. The third-order valence-corrected chi connectivity index (χ3v) is 5.16. The van der Waals surface area contributed by atoms with Crippen molar-refractivity contribution in [1.82, 2.24) is 5.32 Å². The first-order valence-corrected chi connectivity index (χ1v) is 8.96. The lowest BCUT2D eigenvalue weighted by Gasteiger charge is -2.19. The van der Waals surface area contributed by atoms with Crippen molar-refractivity contribution in [2.75, 3.05) is 0 Å². The van der Waals surface area contributed by atoms with Crippen LogP contribution in [0.25, 0.3) is 0 Å². The maximum atomic E-state index is 12.2. The zero-order valence-electron chi connectivity index (χ0n) is 12.6. The summed E-state index contributed by atoms with van der Waals surface area (Å²) in [6.07, 6.45) is 3.29. The Kier molecular flexibility index (Phi) is 5.38. The standard InChI is InChI=1S/C15H20N2O5S/c16-23(21,22)12-8-4-3-7-11(12)9-17-14(18)13(15(19)20)10-5-1-2-6-10/h3-4,7-8,10,13H,1-2,5-6,9H2,(H,17,18)(H,19,20)(H2,16,21,22). The molecule has 1 unspecified atom stereocenters. The van der Waals surface area contributed by atoms with Crippen LogP contribution < -0.4 is 10.5 Å². The van der Waals surface area contributed by atoms with Crippen LogP contribution in [-0.2, 0) is 26.2 Å². The maximum absolute atomic E-state index is 12.2. The second-order valence-corrected chi connectivity index (χ2v) is 7.26. The Labute approximate surface area is 134 Å². The van der Waals surface area contributed by atoms with Gasteiger partial charge in [0.05, 0.1) is 4.90 Å². The Morgan fingerprint density at radius 1 is 1.26 bits per heavy atom. The number of carboxylic acid groups (broad SMARTS) is 1. The molecule has 0 aromatic heterocycles. The van der Waals surface area contributed by atoms with Gasteiger partial charge in [0.2, 0.25) is 15.9 Å². The zero-order valence-corrected chi connectivity index (χ0v) is 13.4. The van der Waals surface area contributed by atoms with Gasteiger partial charge in [0, 0.05) is 6.54 Å². The van der Waals surface area contributed by atoms with Gasteiger partial charge in [-0.3, -0.25) is 9.59 Å². The second-order valence-electron chi connectivity index (χ2n) is 5.73. The van der Waals surface area contributed by atoms with Crippen LogP contribution in [0.5, 0.6) is 0 Å². The predicted octanol–water partition coefficient (Wildman–Crippen LogP) is 0.841. The zero-order chi connectivity index (χ0) is 17.0. The number of nitrogens with one attached hydrogen (secondary N) is 1. The Balaban J connectivity index is 2.11. The van der Waals surface area contributed by atoms with E-state index in [0.717, 1.165) is 25.7 Å². The molecule has 1 saturated carbocycles. The number of sulfonamides is 1. The van der Waals surface area contributed by atoms with E-state index in [2.05, 4.69) is 5.32 Å². The molecule has 7 nitrogen and oxygen atoms in total. The highest BCUT2D eigenvalue weighted by Gasteiger charge is 2.36. The average Bonchev–Trinajstić information content (AvgIpc) is 2.98. The second kappa shape index (κ2) is 7.10. The number of primary sulfonamides is 1. The van der Waals surface area contributed by atoms with Crippen LogP contribution in [0.1, 0.15) is 31.2 Å². The summed E-state index contributed by atoms with van der Waals surface area (Å²) in [7, 11) is -3.90. The highest BCUT2D eigenvalue weighted by molar-refractivity contribution is 7.89. The van der Waals surface area contributed by atoms with Gasteiger partial charge in [-0.15, -0.1) is 0 Å². The van der Waals surface area contributed by atoms with Gasteiger partial charge in [-0.2, -0.15) is 0 Å². The number of carbonyl (C=O) groups is 2. The highest BCUT2D eigenvalue weighted by atomic mass is 32.2. The first kappa shape index (κ1) is 17.4. The molecule has 0 aliphatic heterocycles. The molecule has 1 fully saturated rings. The van der Waals surface area contributed by atoms with Crippen LogP contribution in [0.4, 0.5) is 0 Å². The molecule has 126 valence electrons. The van der Waals surface area contributed by atoms with Crippen molar-refractivity contribution < 1.29 is 23.1 Å². The van der Waals surface area contributed by atoms with Gasteiger partial charge in [-0.05, 0) is 30.4 Å². The molecule has 23 heavy (non-hydrogen) atoms. The fourth-order valence-electron chi connectivity index (χ4n) is 3.04. The van der Waals surface area contributed by atoms with Crippen LogP contribution in [0.15, 0.2) is 29.2 Å². The normalized spacial score (nSPS) is 16.9. The molecule has 1 atom stereocenters. The van der Waals surface area contributed by atoms with Gasteiger partial charge in [0.15, 0.2) is 0 Å². The molecule has 0 bridgehead atoms. The summed E-state index contributed by atoms with van der Waals surface area (Å²) in [6, 6.07) is 6.04. The smallest absolute Gasteiger partial charge is 0.316 e. The summed E-state index contributed by atoms with van der Waals surface area (Å²) in [4.78, 5) is 23.5. The largest absolute Gasteiger partial charge is 0.481 e. The SMILES string of the molecule is NS(=O)(=O)c1ccccc1CNC(=O)C(C(=O)O)C1CCCC1. The predicted molar refractivity (Wildman–Crippen MR) is 82.7 cm³/mol. The maximum Gasteiger partial charge on any atom is 0.316 e. The minimum absolute atomic E-state index is 0.0759. The summed E-state index contributed by atoms with van der Waals surface area (Å²) in [5, 5.41) is 17.0. The third-order valence-electron chi connectivity index (χ3n) is 4.15. The summed E-state index contributed by atoms with van der Waals surface area (Å²) in [5.74, 6) is -3.00. The minimum atomic E-state index is -3.90. The van der Waals surface area contributed by atoms with E-state index in [1.165, 1.54) is 18.2 Å². The van der Waals surface area contributed by atoms with Gasteiger partial charge in [-0.1, -0.05) is 31.0 Å². The number of nitrogens with two attached hydrogens (primary N) is 1. The van der Waals surface area contributed by atoms with E-state index >= 15 is 0 Å². The molecule has 0 spiro atoms. The van der Waals surface area contributed by atoms with E-state index in [1.54, 1.807) is 6.07 Å². The number of amides is 1. The average molecular weight is 340 g/mol. The van der Waals surface area contributed by atoms with Crippen molar-refractivity contribution in [2.24, 2.45) is 17.0 Å². The Hall–Kier alpha value is -1.93. The number of hydrogen-bond acceptors (Lipinski definition) is 4. The third kappa shape index (κ3) is 4.29. The highest BCUT2D eigenvalue weighted by Crippen LogP contribution is 2.31. The van der Waals surface area contributed by atoms with E-state index < -0.39 is 27.8 Å². The monoisotopic (exact) mass is 340 g/mol. The molecule has 0 heterocycles. The van der Waals surface area contributed by atoms with Crippen LogP contribution in [0.3, 0.4) is 0 Å². The van der Waals surface area contributed by atoms with Gasteiger partial charge >= 0.3 is 5.97 Å². The summed E-state index contributed by atoms with van der Waals surface area (Å²) >= 11 is 0. The van der Waals surface area contributed by atoms with Crippen molar-refractivity contribution in [2.45, 2.75) is 37.1 Å². The van der Waals surface area contributed by atoms with Crippen molar-refractivity contribution in [3.05, 3.63) is 29.8 Å². The van der Waals surface area contributed by atoms with Crippen molar-refractivity contribution in [3.63, 3.8) is 0 Å². The van der Waals surface area contributed by atoms with E-state index in [4.69, 9.17) is 5.14 Å². The molecular formula is C15H20N2O5S. The first-order chi connectivity index (χ1) is 10.8. The van der Waals surface area contributed by atoms with Gasteiger partial charge in [0.25, 0.3) is 0 Å². The molecule has 0 radical (unpaired) electrons. The Morgan fingerprint density at radius 2 is 1.87 bits per heavy atom.